The summed E-state index contributed by atoms with van der Waals surface area (Å²) in [6.45, 7) is 2.50. The molecule has 0 saturated heterocycles. The summed E-state index contributed by atoms with van der Waals surface area (Å²) in [5.41, 5.74) is 4.15. The minimum atomic E-state index is -3.35. The predicted molar refractivity (Wildman–Crippen MR) is 106 cm³/mol. The maximum Gasteiger partial charge on any atom is 0.236 e. The zero-order valence-electron chi connectivity index (χ0n) is 14.9. The monoisotopic (exact) mass is 366 g/mol. The van der Waals surface area contributed by atoms with Crippen LogP contribution in [0.15, 0.2) is 54.6 Å². The predicted octanol–water partition coefficient (Wildman–Crippen LogP) is 3.87. The standard InChI is InChI=1S/C21H22N2O2S/c1-16-7-5-11-18-15-19-12-13-23(21(19)22-20(16)18)26(24,25)14-6-10-17-8-3-2-4-9-17/h2-5,7-9,11,15H,6,10,12-14H2,1H3. The quantitative estimate of drug-likeness (QED) is 0.689. The minimum absolute atomic E-state index is 0.148. The number of benzene rings is 2. The van der Waals surface area contributed by atoms with Crippen molar-refractivity contribution in [2.24, 2.45) is 0 Å². The third-order valence-corrected chi connectivity index (χ3v) is 6.80. The van der Waals surface area contributed by atoms with Crippen LogP contribution < -0.4 is 4.31 Å². The van der Waals surface area contributed by atoms with E-state index < -0.39 is 10.0 Å². The number of sulfonamides is 1. The lowest BCUT2D eigenvalue weighted by Crippen LogP contribution is -2.32. The molecule has 3 aromatic rings. The highest BCUT2D eigenvalue weighted by Gasteiger charge is 2.30. The van der Waals surface area contributed by atoms with Crippen molar-refractivity contribution in [1.82, 2.24) is 4.98 Å². The normalized spacial score (nSPS) is 14.0. The van der Waals surface area contributed by atoms with E-state index in [1.165, 1.54) is 9.87 Å². The van der Waals surface area contributed by atoms with E-state index in [0.29, 0.717) is 18.8 Å². The van der Waals surface area contributed by atoms with Gasteiger partial charge in [-0.05, 0) is 48.9 Å². The fraction of sp³-hybridized carbons (Fsp3) is 0.286. The van der Waals surface area contributed by atoms with Crippen LogP contribution in [-0.2, 0) is 22.9 Å². The van der Waals surface area contributed by atoms with E-state index in [0.717, 1.165) is 34.9 Å². The van der Waals surface area contributed by atoms with Crippen LogP contribution >= 0.6 is 0 Å². The SMILES string of the molecule is Cc1cccc2cc3c(nc12)N(S(=O)(=O)CCCc1ccccc1)CC3. The van der Waals surface area contributed by atoms with Gasteiger partial charge in [0.25, 0.3) is 0 Å². The van der Waals surface area contributed by atoms with Crippen molar-refractivity contribution >= 4 is 26.7 Å². The number of para-hydroxylation sites is 1. The maximum absolute atomic E-state index is 12.9. The summed E-state index contributed by atoms with van der Waals surface area (Å²) >= 11 is 0. The Bertz CT molecular complexity index is 1050. The third-order valence-electron chi connectivity index (χ3n) is 4.97. The second-order valence-electron chi connectivity index (χ2n) is 6.85. The van der Waals surface area contributed by atoms with Gasteiger partial charge in [0.05, 0.1) is 11.3 Å². The molecule has 0 N–H and O–H groups in total. The molecule has 0 fully saturated rings. The van der Waals surface area contributed by atoms with Gasteiger partial charge in [0.1, 0.15) is 5.82 Å². The van der Waals surface area contributed by atoms with Crippen molar-refractivity contribution < 1.29 is 8.42 Å². The number of rotatable bonds is 5. The Morgan fingerprint density at radius 1 is 1.08 bits per heavy atom. The summed E-state index contributed by atoms with van der Waals surface area (Å²) in [6, 6.07) is 18.2. The van der Waals surface area contributed by atoms with Crippen LogP contribution in [0.2, 0.25) is 0 Å². The van der Waals surface area contributed by atoms with Gasteiger partial charge >= 0.3 is 0 Å². The highest BCUT2D eigenvalue weighted by atomic mass is 32.2. The first-order valence-corrected chi connectivity index (χ1v) is 10.6. The van der Waals surface area contributed by atoms with Crippen molar-refractivity contribution in [3.63, 3.8) is 0 Å². The summed E-state index contributed by atoms with van der Waals surface area (Å²) in [7, 11) is -3.35. The number of hydrogen-bond acceptors (Lipinski definition) is 3. The number of anilines is 1. The van der Waals surface area contributed by atoms with Crippen molar-refractivity contribution in [3.05, 3.63) is 71.3 Å². The number of fused-ring (bicyclic) bond motifs is 2. The molecule has 0 bridgehead atoms. The first kappa shape index (κ1) is 17.0. The van der Waals surface area contributed by atoms with Crippen LogP contribution in [-0.4, -0.2) is 25.7 Å². The summed E-state index contributed by atoms with van der Waals surface area (Å²) in [6.07, 6.45) is 2.11. The molecule has 1 aliphatic rings. The summed E-state index contributed by atoms with van der Waals surface area (Å²) < 4.78 is 27.3. The zero-order valence-corrected chi connectivity index (χ0v) is 15.7. The lowest BCUT2D eigenvalue weighted by Gasteiger charge is -2.19. The first-order chi connectivity index (χ1) is 12.5. The molecule has 0 spiro atoms. The molecule has 5 heteroatoms. The Balaban J connectivity index is 1.56. The molecule has 134 valence electrons. The lowest BCUT2D eigenvalue weighted by molar-refractivity contribution is 0.589. The van der Waals surface area contributed by atoms with Gasteiger partial charge in [0, 0.05) is 11.9 Å². The number of hydrogen-bond donors (Lipinski definition) is 0. The number of aryl methyl sites for hydroxylation is 2. The van der Waals surface area contributed by atoms with Crippen LogP contribution in [0.25, 0.3) is 10.9 Å². The van der Waals surface area contributed by atoms with Gasteiger partial charge in [-0.15, -0.1) is 0 Å². The molecule has 0 saturated carbocycles. The molecule has 0 atom stereocenters. The van der Waals surface area contributed by atoms with Gasteiger partial charge in [0.2, 0.25) is 10.0 Å². The Morgan fingerprint density at radius 2 is 1.88 bits per heavy atom. The third kappa shape index (κ3) is 3.19. The molecular weight excluding hydrogens is 344 g/mol. The van der Waals surface area contributed by atoms with E-state index in [1.807, 2.05) is 55.5 Å². The summed E-state index contributed by atoms with van der Waals surface area (Å²) in [5, 5.41) is 1.08. The number of pyridine rings is 1. The zero-order chi connectivity index (χ0) is 18.1. The molecule has 4 nitrogen and oxygen atoms in total. The van der Waals surface area contributed by atoms with Crippen LogP contribution in [0.4, 0.5) is 5.82 Å². The molecular formula is C21H22N2O2S. The fourth-order valence-corrected chi connectivity index (χ4v) is 5.11. The molecule has 0 radical (unpaired) electrons. The van der Waals surface area contributed by atoms with Gasteiger partial charge < -0.3 is 0 Å². The smallest absolute Gasteiger partial charge is 0.236 e. The first-order valence-electron chi connectivity index (χ1n) is 8.98. The van der Waals surface area contributed by atoms with Gasteiger partial charge in [-0.25, -0.2) is 13.4 Å². The fourth-order valence-electron chi connectivity index (χ4n) is 3.59. The van der Waals surface area contributed by atoms with Gasteiger partial charge in [0.15, 0.2) is 0 Å². The van der Waals surface area contributed by atoms with Crippen molar-refractivity contribution in [1.29, 1.82) is 0 Å². The Labute approximate surface area is 154 Å². The molecule has 2 heterocycles. The summed E-state index contributed by atoms with van der Waals surface area (Å²) in [4.78, 5) is 4.72. The topological polar surface area (TPSA) is 50.3 Å². The molecule has 0 aliphatic carbocycles. The van der Waals surface area contributed by atoms with E-state index in [9.17, 15) is 8.42 Å². The number of aromatic nitrogens is 1. The average molecular weight is 366 g/mol. The molecule has 2 aromatic carbocycles. The second-order valence-corrected chi connectivity index (χ2v) is 8.86. The number of nitrogens with zero attached hydrogens (tertiary/aromatic N) is 2. The van der Waals surface area contributed by atoms with Crippen molar-refractivity contribution in [2.75, 3.05) is 16.6 Å². The molecule has 1 aliphatic heterocycles. The van der Waals surface area contributed by atoms with E-state index in [4.69, 9.17) is 4.98 Å². The van der Waals surface area contributed by atoms with E-state index in [1.54, 1.807) is 0 Å². The molecule has 1 aromatic heterocycles. The van der Waals surface area contributed by atoms with Crippen LogP contribution in [0.3, 0.4) is 0 Å². The Morgan fingerprint density at radius 3 is 2.69 bits per heavy atom. The second kappa shape index (κ2) is 6.72. The summed E-state index contributed by atoms with van der Waals surface area (Å²) in [5.74, 6) is 0.765. The van der Waals surface area contributed by atoms with E-state index in [2.05, 4.69) is 6.07 Å². The van der Waals surface area contributed by atoms with Crippen molar-refractivity contribution in [2.45, 2.75) is 26.2 Å². The average Bonchev–Trinajstić information content (AvgIpc) is 3.05. The minimum Gasteiger partial charge on any atom is -0.253 e. The van der Waals surface area contributed by atoms with Gasteiger partial charge in [-0.3, -0.25) is 4.31 Å². The van der Waals surface area contributed by atoms with Gasteiger partial charge in [-0.2, -0.15) is 0 Å². The maximum atomic E-state index is 12.9. The largest absolute Gasteiger partial charge is 0.253 e. The molecule has 26 heavy (non-hydrogen) atoms. The lowest BCUT2D eigenvalue weighted by atomic mass is 10.1. The van der Waals surface area contributed by atoms with Crippen LogP contribution in [0.5, 0.6) is 0 Å². The van der Waals surface area contributed by atoms with Crippen LogP contribution in [0, 0.1) is 6.92 Å². The van der Waals surface area contributed by atoms with Crippen molar-refractivity contribution in [3.8, 4) is 0 Å². The molecule has 0 amide bonds. The highest BCUT2D eigenvalue weighted by Crippen LogP contribution is 2.32. The van der Waals surface area contributed by atoms with Gasteiger partial charge in [-0.1, -0.05) is 48.5 Å². The molecule has 0 unspecified atom stereocenters. The van der Waals surface area contributed by atoms with Crippen LogP contribution in [0.1, 0.15) is 23.1 Å². The molecule has 4 rings (SSSR count). The van der Waals surface area contributed by atoms with E-state index in [-0.39, 0.29) is 5.75 Å². The Hall–Kier alpha value is -2.40. The Kier molecular flexibility index (Phi) is 4.41. The highest BCUT2D eigenvalue weighted by molar-refractivity contribution is 7.92. The van der Waals surface area contributed by atoms with E-state index >= 15 is 0 Å².